The van der Waals surface area contributed by atoms with Crippen molar-refractivity contribution in [2.75, 3.05) is 40.0 Å². The number of methoxy groups -OCH3 is 1. The van der Waals surface area contributed by atoms with E-state index in [0.29, 0.717) is 23.5 Å². The first-order valence-corrected chi connectivity index (χ1v) is 6.34. The molecule has 1 rings (SSSR count). The molecule has 0 aromatic heterocycles. The Morgan fingerprint density at radius 1 is 1.30 bits per heavy atom. The Balaban J connectivity index is 3.06. The van der Waals surface area contributed by atoms with Crippen LogP contribution in [0.1, 0.15) is 17.3 Å². The van der Waals surface area contributed by atoms with Crippen LogP contribution in [0.2, 0.25) is 0 Å². The van der Waals surface area contributed by atoms with Crippen LogP contribution in [0.25, 0.3) is 0 Å². The average Bonchev–Trinajstić information content (AvgIpc) is 2.43. The molecule has 0 radical (unpaired) electrons. The molecule has 0 spiro atoms. The smallest absolute Gasteiger partial charge is 0.260 e. The van der Waals surface area contributed by atoms with Gasteiger partial charge >= 0.3 is 0 Å². The van der Waals surface area contributed by atoms with Gasteiger partial charge in [-0.05, 0) is 19.1 Å². The maximum atomic E-state index is 12.5. The van der Waals surface area contributed by atoms with E-state index >= 15 is 0 Å². The number of anilines is 1. The molecular weight excluding hydrogens is 258 g/mol. The summed E-state index contributed by atoms with van der Waals surface area (Å²) < 4.78 is 5.17. The SMILES string of the molecule is CCN(CC(=O)N(C)C)C(=O)c1c(N)cccc1OC. The predicted molar refractivity (Wildman–Crippen MR) is 77.7 cm³/mol. The molecule has 110 valence electrons. The third-order valence-electron chi connectivity index (χ3n) is 2.99. The molecule has 0 bridgehead atoms. The molecule has 0 saturated heterocycles. The standard InChI is InChI=1S/C14H21N3O3/c1-5-17(9-12(18)16(2)3)14(19)13-10(15)7-6-8-11(13)20-4/h6-8H,5,9,15H2,1-4H3. The maximum Gasteiger partial charge on any atom is 0.260 e. The molecule has 0 saturated carbocycles. The molecule has 6 nitrogen and oxygen atoms in total. The van der Waals surface area contributed by atoms with Gasteiger partial charge in [0.15, 0.2) is 0 Å². The molecule has 0 atom stereocenters. The number of hydrogen-bond acceptors (Lipinski definition) is 4. The predicted octanol–water partition coefficient (Wildman–Crippen LogP) is 0.828. The van der Waals surface area contributed by atoms with Crippen molar-refractivity contribution >= 4 is 17.5 Å². The van der Waals surface area contributed by atoms with Gasteiger partial charge in [-0.25, -0.2) is 0 Å². The van der Waals surface area contributed by atoms with Gasteiger partial charge in [0.05, 0.1) is 13.7 Å². The van der Waals surface area contributed by atoms with E-state index in [1.807, 2.05) is 6.92 Å². The summed E-state index contributed by atoms with van der Waals surface area (Å²) in [5.74, 6) is -0.0444. The third kappa shape index (κ3) is 3.40. The Kier molecular flexibility index (Phi) is 5.37. The molecule has 2 N–H and O–H groups in total. The van der Waals surface area contributed by atoms with Gasteiger partial charge < -0.3 is 20.3 Å². The van der Waals surface area contributed by atoms with E-state index in [-0.39, 0.29) is 18.4 Å². The van der Waals surface area contributed by atoms with E-state index in [4.69, 9.17) is 10.5 Å². The van der Waals surface area contributed by atoms with Crippen LogP contribution >= 0.6 is 0 Å². The zero-order valence-electron chi connectivity index (χ0n) is 12.3. The van der Waals surface area contributed by atoms with Crippen LogP contribution in [-0.2, 0) is 4.79 Å². The van der Waals surface area contributed by atoms with Crippen LogP contribution in [-0.4, -0.2) is 55.9 Å². The monoisotopic (exact) mass is 279 g/mol. The molecule has 2 amide bonds. The fourth-order valence-corrected chi connectivity index (χ4v) is 1.74. The van der Waals surface area contributed by atoms with E-state index in [2.05, 4.69) is 0 Å². The minimum absolute atomic E-state index is 0.0137. The van der Waals surface area contributed by atoms with Crippen LogP contribution in [0.4, 0.5) is 5.69 Å². The number of nitrogens with zero attached hydrogens (tertiary/aromatic N) is 2. The lowest BCUT2D eigenvalue weighted by atomic mass is 10.1. The second kappa shape index (κ2) is 6.79. The fraction of sp³-hybridized carbons (Fsp3) is 0.429. The summed E-state index contributed by atoms with van der Waals surface area (Å²) in [6.07, 6.45) is 0. The first-order chi connectivity index (χ1) is 9.42. The number of likely N-dealkylation sites (N-methyl/N-ethyl adjacent to an activating group) is 2. The van der Waals surface area contributed by atoms with Crippen LogP contribution in [0.15, 0.2) is 18.2 Å². The van der Waals surface area contributed by atoms with Gasteiger partial charge in [0.1, 0.15) is 11.3 Å². The minimum Gasteiger partial charge on any atom is -0.496 e. The van der Waals surface area contributed by atoms with Gasteiger partial charge in [-0.1, -0.05) is 6.07 Å². The van der Waals surface area contributed by atoms with E-state index in [9.17, 15) is 9.59 Å². The number of nitrogens with two attached hydrogens (primary N) is 1. The van der Waals surface area contributed by atoms with Crippen molar-refractivity contribution in [3.05, 3.63) is 23.8 Å². The summed E-state index contributed by atoms with van der Waals surface area (Å²) in [7, 11) is 4.78. The quantitative estimate of drug-likeness (QED) is 0.810. The highest BCUT2D eigenvalue weighted by Gasteiger charge is 2.23. The number of carbonyl (C=O) groups is 2. The van der Waals surface area contributed by atoms with Crippen molar-refractivity contribution in [3.63, 3.8) is 0 Å². The zero-order chi connectivity index (χ0) is 15.3. The number of amides is 2. The number of rotatable bonds is 5. The first-order valence-electron chi connectivity index (χ1n) is 6.34. The molecule has 6 heteroatoms. The number of benzene rings is 1. The van der Waals surface area contributed by atoms with Crippen molar-refractivity contribution in [2.45, 2.75) is 6.92 Å². The third-order valence-corrected chi connectivity index (χ3v) is 2.99. The van der Waals surface area contributed by atoms with E-state index < -0.39 is 0 Å². The number of hydrogen-bond donors (Lipinski definition) is 1. The van der Waals surface area contributed by atoms with E-state index in [0.717, 1.165) is 0 Å². The molecule has 0 fully saturated rings. The summed E-state index contributed by atoms with van der Waals surface area (Å²) in [5.41, 5.74) is 6.49. The Hall–Kier alpha value is -2.24. The van der Waals surface area contributed by atoms with Crippen molar-refractivity contribution in [1.82, 2.24) is 9.80 Å². The van der Waals surface area contributed by atoms with Gasteiger partial charge in [-0.3, -0.25) is 9.59 Å². The largest absolute Gasteiger partial charge is 0.496 e. The molecule has 0 unspecified atom stereocenters. The van der Waals surface area contributed by atoms with Gasteiger partial charge in [-0.15, -0.1) is 0 Å². The number of ether oxygens (including phenoxy) is 1. The molecule has 0 aliphatic carbocycles. The summed E-state index contributed by atoms with van der Waals surface area (Å²) in [5, 5.41) is 0. The molecular formula is C14H21N3O3. The lowest BCUT2D eigenvalue weighted by Crippen LogP contribution is -2.40. The summed E-state index contributed by atoms with van der Waals surface area (Å²) in [6, 6.07) is 5.02. The highest BCUT2D eigenvalue weighted by molar-refractivity contribution is 6.03. The zero-order valence-corrected chi connectivity index (χ0v) is 12.3. The molecule has 20 heavy (non-hydrogen) atoms. The second-order valence-corrected chi connectivity index (χ2v) is 4.53. The Morgan fingerprint density at radius 2 is 1.95 bits per heavy atom. The van der Waals surface area contributed by atoms with Crippen molar-refractivity contribution in [3.8, 4) is 5.75 Å². The van der Waals surface area contributed by atoms with Gasteiger partial charge in [0.25, 0.3) is 5.91 Å². The van der Waals surface area contributed by atoms with E-state index in [1.54, 1.807) is 32.3 Å². The topological polar surface area (TPSA) is 75.9 Å². The van der Waals surface area contributed by atoms with Gasteiger partial charge in [0.2, 0.25) is 5.91 Å². The highest BCUT2D eigenvalue weighted by Crippen LogP contribution is 2.25. The summed E-state index contributed by atoms with van der Waals surface area (Å²) >= 11 is 0. The second-order valence-electron chi connectivity index (χ2n) is 4.53. The van der Waals surface area contributed by atoms with Crippen LogP contribution < -0.4 is 10.5 Å². The maximum absolute atomic E-state index is 12.5. The molecule has 1 aromatic rings. The Morgan fingerprint density at radius 3 is 2.45 bits per heavy atom. The van der Waals surface area contributed by atoms with Crippen LogP contribution in [0, 0.1) is 0 Å². The van der Waals surface area contributed by atoms with Crippen LogP contribution in [0.5, 0.6) is 5.75 Å². The Labute approximate surface area is 119 Å². The van der Waals surface area contributed by atoms with Gasteiger partial charge in [0, 0.05) is 26.3 Å². The molecule has 0 heterocycles. The lowest BCUT2D eigenvalue weighted by Gasteiger charge is -2.23. The first kappa shape index (κ1) is 15.8. The molecule has 0 aliphatic rings. The van der Waals surface area contributed by atoms with Gasteiger partial charge in [-0.2, -0.15) is 0 Å². The van der Waals surface area contributed by atoms with Crippen molar-refractivity contribution < 1.29 is 14.3 Å². The Bertz CT molecular complexity index is 500. The fourth-order valence-electron chi connectivity index (χ4n) is 1.74. The number of carbonyl (C=O) groups excluding carboxylic acids is 2. The summed E-state index contributed by atoms with van der Waals surface area (Å²) in [4.78, 5) is 27.2. The lowest BCUT2D eigenvalue weighted by molar-refractivity contribution is -0.129. The minimum atomic E-state index is -0.308. The summed E-state index contributed by atoms with van der Waals surface area (Å²) in [6.45, 7) is 2.24. The normalized spacial score (nSPS) is 10.0. The molecule has 1 aromatic carbocycles. The number of nitrogen functional groups attached to an aromatic ring is 1. The van der Waals surface area contributed by atoms with Crippen LogP contribution in [0.3, 0.4) is 0 Å². The molecule has 0 aliphatic heterocycles. The van der Waals surface area contributed by atoms with E-state index in [1.165, 1.54) is 16.9 Å². The average molecular weight is 279 g/mol. The highest BCUT2D eigenvalue weighted by atomic mass is 16.5. The van der Waals surface area contributed by atoms with Crippen molar-refractivity contribution in [2.24, 2.45) is 0 Å². The van der Waals surface area contributed by atoms with Crippen molar-refractivity contribution in [1.29, 1.82) is 0 Å².